The molecular formula is C22H22FN2. The second-order valence-corrected chi connectivity index (χ2v) is 6.23. The monoisotopic (exact) mass is 333 g/mol. The molecule has 1 unspecified atom stereocenters. The zero-order valence-electron chi connectivity index (χ0n) is 14.2. The zero-order valence-corrected chi connectivity index (χ0v) is 14.2. The minimum Gasteiger partial charge on any atom is -0.265 e. The molecule has 1 aromatic carbocycles. The van der Waals surface area contributed by atoms with E-state index < -0.39 is 0 Å². The maximum Gasteiger partial charge on any atom is 0.123 e. The van der Waals surface area contributed by atoms with Crippen molar-refractivity contribution < 1.29 is 4.39 Å². The molecule has 1 atom stereocenters. The second kappa shape index (κ2) is 9.07. The van der Waals surface area contributed by atoms with Gasteiger partial charge in [-0.25, -0.2) is 4.39 Å². The van der Waals surface area contributed by atoms with Crippen molar-refractivity contribution in [3.8, 4) is 0 Å². The van der Waals surface area contributed by atoms with E-state index in [2.05, 4.69) is 40.7 Å². The average Bonchev–Trinajstić information content (AvgIpc) is 2.67. The summed E-state index contributed by atoms with van der Waals surface area (Å²) in [7, 11) is 0. The number of halogens is 1. The van der Waals surface area contributed by atoms with Crippen LogP contribution in [0.25, 0.3) is 0 Å². The van der Waals surface area contributed by atoms with Crippen LogP contribution in [0.4, 0.5) is 4.39 Å². The van der Waals surface area contributed by atoms with Crippen LogP contribution in [0.3, 0.4) is 0 Å². The van der Waals surface area contributed by atoms with Crippen LogP contribution < -0.4 is 0 Å². The van der Waals surface area contributed by atoms with Gasteiger partial charge < -0.3 is 0 Å². The van der Waals surface area contributed by atoms with E-state index in [4.69, 9.17) is 0 Å². The predicted molar refractivity (Wildman–Crippen MR) is 98.6 cm³/mol. The first kappa shape index (κ1) is 17.3. The summed E-state index contributed by atoms with van der Waals surface area (Å²) in [5.41, 5.74) is 3.75. The molecule has 1 radical (unpaired) electrons. The summed E-state index contributed by atoms with van der Waals surface area (Å²) in [6.45, 7) is 0. The Balaban J connectivity index is 1.59. The van der Waals surface area contributed by atoms with Crippen LogP contribution in [0.2, 0.25) is 0 Å². The van der Waals surface area contributed by atoms with Crippen molar-refractivity contribution in [1.82, 2.24) is 9.97 Å². The summed E-state index contributed by atoms with van der Waals surface area (Å²) in [6, 6.07) is 15.1. The number of unbranched alkanes of at least 4 members (excludes halogenated alkanes) is 1. The molecule has 0 aliphatic carbocycles. The molecule has 3 rings (SSSR count). The summed E-state index contributed by atoms with van der Waals surface area (Å²) in [5, 5.41) is 0. The molecule has 0 amide bonds. The Labute approximate surface area is 148 Å². The third kappa shape index (κ3) is 5.49. The molecule has 25 heavy (non-hydrogen) atoms. The van der Waals surface area contributed by atoms with Crippen LogP contribution in [-0.2, 0) is 12.8 Å². The number of rotatable bonds is 8. The Morgan fingerprint density at radius 2 is 1.44 bits per heavy atom. The van der Waals surface area contributed by atoms with Gasteiger partial charge in [-0.2, -0.15) is 0 Å². The maximum absolute atomic E-state index is 13.1. The number of nitrogens with zero attached hydrogens (tertiary/aromatic N) is 2. The van der Waals surface area contributed by atoms with Crippen LogP contribution in [0.1, 0.15) is 35.4 Å². The molecule has 0 bridgehead atoms. The Hall–Kier alpha value is -2.55. The summed E-state index contributed by atoms with van der Waals surface area (Å²) in [6.07, 6.45) is 13.7. The highest BCUT2D eigenvalue weighted by atomic mass is 19.1. The third-order valence-corrected chi connectivity index (χ3v) is 4.41. The van der Waals surface area contributed by atoms with Crippen molar-refractivity contribution in [3.05, 3.63) is 102 Å². The average molecular weight is 333 g/mol. The number of aryl methyl sites for hydroxylation is 1. The van der Waals surface area contributed by atoms with Crippen molar-refractivity contribution in [3.63, 3.8) is 0 Å². The van der Waals surface area contributed by atoms with Crippen molar-refractivity contribution >= 4 is 0 Å². The summed E-state index contributed by atoms with van der Waals surface area (Å²) in [5.74, 6) is 0.194. The molecule has 0 saturated carbocycles. The summed E-state index contributed by atoms with van der Waals surface area (Å²) < 4.78 is 13.1. The van der Waals surface area contributed by atoms with Gasteiger partial charge in [0.2, 0.25) is 0 Å². The summed E-state index contributed by atoms with van der Waals surface area (Å²) >= 11 is 0. The van der Waals surface area contributed by atoms with Crippen LogP contribution in [-0.4, -0.2) is 9.97 Å². The molecule has 0 fully saturated rings. The molecule has 0 aliphatic rings. The first-order chi connectivity index (χ1) is 12.3. The van der Waals surface area contributed by atoms with Crippen LogP contribution in [0, 0.1) is 12.2 Å². The Morgan fingerprint density at radius 1 is 0.800 bits per heavy atom. The molecule has 3 aromatic rings. The standard InChI is InChI=1S/C22H22FN2/c23-22-7-5-19(6-8-22)17-21(20-11-15-25-16-12-20)4-2-1-3-18-9-13-24-14-10-18/h2,5-16,21H,1,3-4,17H2. The predicted octanol–water partition coefficient (Wildman–Crippen LogP) is 5.17. The third-order valence-electron chi connectivity index (χ3n) is 4.41. The molecule has 0 aliphatic heterocycles. The zero-order chi connectivity index (χ0) is 17.3. The van der Waals surface area contributed by atoms with Crippen molar-refractivity contribution in [2.24, 2.45) is 0 Å². The fourth-order valence-corrected chi connectivity index (χ4v) is 3.02. The van der Waals surface area contributed by atoms with Crippen LogP contribution >= 0.6 is 0 Å². The summed E-state index contributed by atoms with van der Waals surface area (Å²) in [4.78, 5) is 8.17. The van der Waals surface area contributed by atoms with Crippen LogP contribution in [0.15, 0.2) is 73.3 Å². The maximum atomic E-state index is 13.1. The van der Waals surface area contributed by atoms with E-state index in [1.807, 2.05) is 36.9 Å². The largest absolute Gasteiger partial charge is 0.265 e. The number of hydrogen-bond donors (Lipinski definition) is 0. The second-order valence-electron chi connectivity index (χ2n) is 6.23. The van der Waals surface area contributed by atoms with Crippen LogP contribution in [0.5, 0.6) is 0 Å². The number of aromatic nitrogens is 2. The van der Waals surface area contributed by atoms with E-state index in [9.17, 15) is 4.39 Å². The highest BCUT2D eigenvalue weighted by molar-refractivity contribution is 5.23. The molecule has 2 heterocycles. The van der Waals surface area contributed by atoms with E-state index >= 15 is 0 Å². The highest BCUT2D eigenvalue weighted by Gasteiger charge is 2.12. The Kier molecular flexibility index (Phi) is 6.27. The first-order valence-corrected chi connectivity index (χ1v) is 8.66. The Morgan fingerprint density at radius 3 is 2.12 bits per heavy atom. The van der Waals surface area contributed by atoms with Crippen molar-refractivity contribution in [2.75, 3.05) is 0 Å². The van der Waals surface area contributed by atoms with E-state index in [0.29, 0.717) is 5.92 Å². The minimum absolute atomic E-state index is 0.187. The fourth-order valence-electron chi connectivity index (χ4n) is 3.02. The van der Waals surface area contributed by atoms with E-state index in [-0.39, 0.29) is 5.82 Å². The van der Waals surface area contributed by atoms with Gasteiger partial charge >= 0.3 is 0 Å². The van der Waals surface area contributed by atoms with E-state index in [0.717, 1.165) is 31.2 Å². The molecule has 0 N–H and O–H groups in total. The highest BCUT2D eigenvalue weighted by Crippen LogP contribution is 2.26. The van der Waals surface area contributed by atoms with Gasteiger partial charge in [0.1, 0.15) is 5.82 Å². The number of benzene rings is 1. The lowest BCUT2D eigenvalue weighted by molar-refractivity contribution is 0.622. The van der Waals surface area contributed by atoms with E-state index in [1.165, 1.54) is 23.3 Å². The lowest BCUT2D eigenvalue weighted by Gasteiger charge is -2.17. The van der Waals surface area contributed by atoms with Crippen molar-refractivity contribution in [1.29, 1.82) is 0 Å². The fraction of sp³-hybridized carbons (Fsp3) is 0.227. The topological polar surface area (TPSA) is 25.8 Å². The lowest BCUT2D eigenvalue weighted by atomic mass is 9.88. The Bertz CT molecular complexity index is 742. The molecule has 3 heteroatoms. The van der Waals surface area contributed by atoms with Gasteiger partial charge in [-0.15, -0.1) is 0 Å². The van der Waals surface area contributed by atoms with Gasteiger partial charge in [0.15, 0.2) is 0 Å². The smallest absolute Gasteiger partial charge is 0.123 e. The molecule has 0 spiro atoms. The molecule has 2 aromatic heterocycles. The molecule has 0 saturated heterocycles. The normalized spacial score (nSPS) is 12.0. The van der Waals surface area contributed by atoms with Gasteiger partial charge in [0, 0.05) is 24.8 Å². The van der Waals surface area contributed by atoms with Gasteiger partial charge in [-0.3, -0.25) is 9.97 Å². The molecular weight excluding hydrogens is 311 g/mol. The quantitative estimate of drug-likeness (QED) is 0.532. The van der Waals surface area contributed by atoms with Gasteiger partial charge in [0.25, 0.3) is 0 Å². The van der Waals surface area contributed by atoms with Crippen molar-refractivity contribution in [2.45, 2.75) is 31.6 Å². The lowest BCUT2D eigenvalue weighted by Crippen LogP contribution is -2.04. The SMILES string of the molecule is Fc1ccc(CC(C[CH]CCc2ccncc2)c2ccncc2)cc1. The molecule has 2 nitrogen and oxygen atoms in total. The molecule has 127 valence electrons. The first-order valence-electron chi connectivity index (χ1n) is 8.66. The minimum atomic E-state index is -0.187. The number of hydrogen-bond acceptors (Lipinski definition) is 2. The van der Waals surface area contributed by atoms with E-state index in [1.54, 1.807) is 0 Å². The van der Waals surface area contributed by atoms with Gasteiger partial charge in [0.05, 0.1) is 0 Å². The van der Waals surface area contributed by atoms with Gasteiger partial charge in [-0.1, -0.05) is 12.1 Å². The number of pyridine rings is 2. The van der Waals surface area contributed by atoms with Gasteiger partial charge in [-0.05, 0) is 91.1 Å².